The fourth-order valence-electron chi connectivity index (χ4n) is 11.1. The lowest BCUT2D eigenvalue weighted by molar-refractivity contribution is -0.439. The van der Waals surface area contributed by atoms with Crippen LogP contribution in [0.2, 0.25) is 0 Å². The second-order valence-electron chi connectivity index (χ2n) is 18.0. The van der Waals surface area contributed by atoms with Crippen LogP contribution in [0, 0.1) is 11.8 Å². The minimum Gasteiger partial charge on any atom is -0.507 e. The van der Waals surface area contributed by atoms with Crippen LogP contribution in [0.4, 0.5) is 11.4 Å². The van der Waals surface area contributed by atoms with Crippen molar-refractivity contribution in [2.45, 2.75) is 122 Å². The minimum atomic E-state index is -0.828. The zero-order valence-electron chi connectivity index (χ0n) is 33.0. The molecule has 2 fully saturated rings. The van der Waals surface area contributed by atoms with E-state index in [1.54, 1.807) is 0 Å². The number of fused-ring (bicyclic) bond motifs is 8. The number of anilines is 1. The molecular formula is C50H59N2O2+. The molecule has 54 heavy (non-hydrogen) atoms. The molecule has 4 nitrogen and oxygen atoms in total. The monoisotopic (exact) mass is 719 g/mol. The Morgan fingerprint density at radius 3 is 1.93 bits per heavy atom. The molecule has 9 rings (SSSR count). The molecule has 2 N–H and O–H groups in total. The molecule has 0 saturated heterocycles. The highest BCUT2D eigenvalue weighted by Crippen LogP contribution is 2.59. The molecule has 3 aliphatic carbocycles. The third-order valence-electron chi connectivity index (χ3n) is 13.9. The molecule has 2 heterocycles. The zero-order chi connectivity index (χ0) is 37.2. The summed E-state index contributed by atoms with van der Waals surface area (Å²) in [6.45, 7) is 11.1. The highest BCUT2D eigenvalue weighted by atomic mass is 16.3. The molecule has 2 saturated carbocycles. The lowest BCUT2D eigenvalue weighted by atomic mass is 9.65. The lowest BCUT2D eigenvalue weighted by Crippen LogP contribution is -2.39. The standard InChI is InChI=1S/C50H58N2O2/c1-33(2)23-29-51-41-21-19-35-15-7-9-17-37(35)45(41)49(25-11-5-12-26-49)43(51)31-39-47(53)40(48(39)54)32-44-50(27-13-6-14-28-50)46-38-18-10-8-16-36(38)20-22-42(46)52(44)30-24-34(3)4/h7-10,15-22,31-34,47,53H,5-6,11-14,23-30H2,1-4H3/p+1. The molecular weight excluding hydrogens is 661 g/mol. The Morgan fingerprint density at radius 1 is 0.704 bits per heavy atom. The second kappa shape index (κ2) is 13.9. The van der Waals surface area contributed by atoms with E-state index in [4.69, 9.17) is 0 Å². The van der Waals surface area contributed by atoms with Gasteiger partial charge in [-0.2, -0.15) is 4.58 Å². The summed E-state index contributed by atoms with van der Waals surface area (Å²) >= 11 is 0. The topological polar surface area (TPSA) is 46.7 Å². The Hall–Kier alpha value is -4.15. The van der Waals surface area contributed by atoms with E-state index in [1.807, 2.05) is 0 Å². The van der Waals surface area contributed by atoms with Crippen LogP contribution in [0.3, 0.4) is 0 Å². The number of nitrogens with zero attached hydrogens (tertiary/aromatic N) is 2. The van der Waals surface area contributed by atoms with Crippen molar-refractivity contribution >= 4 is 38.6 Å². The van der Waals surface area contributed by atoms with Gasteiger partial charge in [0.05, 0.1) is 5.41 Å². The van der Waals surface area contributed by atoms with Gasteiger partial charge in [0, 0.05) is 58.6 Å². The van der Waals surface area contributed by atoms with E-state index in [1.165, 1.54) is 94.0 Å². The van der Waals surface area contributed by atoms with Crippen molar-refractivity contribution in [1.82, 2.24) is 0 Å². The summed E-state index contributed by atoms with van der Waals surface area (Å²) in [5.41, 5.74) is 9.24. The summed E-state index contributed by atoms with van der Waals surface area (Å²) in [5, 5.41) is 29.7. The van der Waals surface area contributed by atoms with Gasteiger partial charge >= 0.3 is 0 Å². The van der Waals surface area contributed by atoms with Crippen LogP contribution in [-0.2, 0) is 10.8 Å². The van der Waals surface area contributed by atoms with Crippen LogP contribution < -0.4 is 4.90 Å². The number of hydrogen-bond donors (Lipinski definition) is 2. The number of aliphatic hydroxyl groups excluding tert-OH is 2. The van der Waals surface area contributed by atoms with Crippen molar-refractivity contribution in [3.05, 3.63) is 119 Å². The van der Waals surface area contributed by atoms with Gasteiger partial charge in [-0.05, 0) is 89.3 Å². The van der Waals surface area contributed by atoms with E-state index in [-0.39, 0.29) is 16.6 Å². The molecule has 0 bridgehead atoms. The highest BCUT2D eigenvalue weighted by molar-refractivity contribution is 6.09. The highest BCUT2D eigenvalue weighted by Gasteiger charge is 2.54. The molecule has 0 amide bonds. The van der Waals surface area contributed by atoms with Gasteiger partial charge < -0.3 is 15.1 Å². The summed E-state index contributed by atoms with van der Waals surface area (Å²) in [5.74, 6) is 1.42. The summed E-state index contributed by atoms with van der Waals surface area (Å²) in [6.07, 6.45) is 17.5. The molecule has 2 spiro atoms. The Morgan fingerprint density at radius 2 is 1.30 bits per heavy atom. The van der Waals surface area contributed by atoms with Crippen LogP contribution in [0.1, 0.15) is 116 Å². The maximum atomic E-state index is 12.2. The molecule has 1 atom stereocenters. The van der Waals surface area contributed by atoms with Gasteiger partial charge in [0.2, 0.25) is 5.69 Å². The van der Waals surface area contributed by atoms with E-state index in [0.717, 1.165) is 51.6 Å². The largest absolute Gasteiger partial charge is 0.507 e. The number of aliphatic hydroxyl groups is 2. The molecule has 0 aromatic heterocycles. The van der Waals surface area contributed by atoms with E-state index < -0.39 is 6.10 Å². The van der Waals surface area contributed by atoms with E-state index in [9.17, 15) is 10.2 Å². The quantitative estimate of drug-likeness (QED) is 0.178. The van der Waals surface area contributed by atoms with Crippen molar-refractivity contribution in [3.8, 4) is 0 Å². The molecule has 2 aliphatic heterocycles. The predicted octanol–water partition coefficient (Wildman–Crippen LogP) is 12.1. The van der Waals surface area contributed by atoms with Crippen molar-refractivity contribution in [1.29, 1.82) is 0 Å². The molecule has 0 radical (unpaired) electrons. The smallest absolute Gasteiger partial charge is 0.210 e. The van der Waals surface area contributed by atoms with Crippen molar-refractivity contribution in [2.75, 3.05) is 18.0 Å². The Balaban J connectivity index is 1.20. The van der Waals surface area contributed by atoms with E-state index in [0.29, 0.717) is 23.0 Å². The van der Waals surface area contributed by atoms with Crippen molar-refractivity contribution in [2.24, 2.45) is 11.8 Å². The SMILES string of the molecule is CC(C)CCN1/C(=C/C2=C(O)C(=C/C3=[N+](CCC(C)C)c4ccc5ccccc5c4C34CCCCC4)/C2O)C2(CCCCC2)c2c1ccc1ccccc21. The van der Waals surface area contributed by atoms with Crippen LogP contribution in [0.5, 0.6) is 0 Å². The van der Waals surface area contributed by atoms with E-state index in [2.05, 4.69) is 122 Å². The van der Waals surface area contributed by atoms with Crippen molar-refractivity contribution < 1.29 is 14.8 Å². The normalized spacial score (nSPS) is 23.2. The Bertz CT molecular complexity index is 2240. The average molecular weight is 720 g/mol. The predicted molar refractivity (Wildman–Crippen MR) is 225 cm³/mol. The van der Waals surface area contributed by atoms with Gasteiger partial charge in [0.1, 0.15) is 18.4 Å². The van der Waals surface area contributed by atoms with Crippen molar-refractivity contribution in [3.63, 3.8) is 0 Å². The third-order valence-corrected chi connectivity index (χ3v) is 13.9. The van der Waals surface area contributed by atoms with Gasteiger partial charge in [-0.15, -0.1) is 0 Å². The summed E-state index contributed by atoms with van der Waals surface area (Å²) in [4.78, 5) is 2.57. The minimum absolute atomic E-state index is 0.124. The van der Waals surface area contributed by atoms with Gasteiger partial charge in [0.25, 0.3) is 0 Å². The summed E-state index contributed by atoms with van der Waals surface area (Å²) < 4.78 is 2.57. The molecule has 5 aliphatic rings. The number of hydrogen-bond acceptors (Lipinski definition) is 3. The Labute approximate surface area is 322 Å². The van der Waals surface area contributed by atoms with Crippen LogP contribution in [0.15, 0.2) is 108 Å². The lowest BCUT2D eigenvalue weighted by Gasteiger charge is -2.39. The first-order chi connectivity index (χ1) is 26.2. The first-order valence-electron chi connectivity index (χ1n) is 21.3. The maximum absolute atomic E-state index is 12.2. The molecule has 280 valence electrons. The average Bonchev–Trinajstić information content (AvgIpc) is 3.59. The van der Waals surface area contributed by atoms with Gasteiger partial charge in [-0.3, -0.25) is 0 Å². The maximum Gasteiger partial charge on any atom is 0.210 e. The van der Waals surface area contributed by atoms with Crippen LogP contribution in [0.25, 0.3) is 21.5 Å². The number of allylic oxidation sites excluding steroid dienone is 2. The van der Waals surface area contributed by atoms with Crippen LogP contribution in [-0.4, -0.2) is 39.7 Å². The second-order valence-corrected chi connectivity index (χ2v) is 18.0. The molecule has 4 aromatic carbocycles. The van der Waals surface area contributed by atoms with Gasteiger partial charge in [0.15, 0.2) is 5.71 Å². The zero-order valence-corrected chi connectivity index (χ0v) is 33.0. The molecule has 4 aromatic rings. The first-order valence-corrected chi connectivity index (χ1v) is 21.3. The molecule has 4 heteroatoms. The van der Waals surface area contributed by atoms with Crippen LogP contribution >= 0.6 is 0 Å². The Kier molecular flexibility index (Phi) is 9.12. The van der Waals surface area contributed by atoms with Gasteiger partial charge in [-0.25, -0.2) is 0 Å². The first kappa shape index (κ1) is 35.5. The fourth-order valence-corrected chi connectivity index (χ4v) is 11.1. The van der Waals surface area contributed by atoms with Gasteiger partial charge in [-0.1, -0.05) is 121 Å². The number of rotatable bonds is 8. The summed E-state index contributed by atoms with van der Waals surface area (Å²) in [6, 6.07) is 27.1. The van der Waals surface area contributed by atoms with E-state index >= 15 is 0 Å². The number of benzene rings is 4. The fraction of sp³-hybridized carbons (Fsp3) is 0.460. The third kappa shape index (κ3) is 5.53. The molecule has 1 unspecified atom stereocenters. The summed E-state index contributed by atoms with van der Waals surface area (Å²) in [7, 11) is 0.